The van der Waals surface area contributed by atoms with E-state index in [-0.39, 0.29) is 17.4 Å². The molecular formula is C16H20N4O3. The Hall–Kier alpha value is -2.83. The van der Waals surface area contributed by atoms with Gasteiger partial charge in [0.1, 0.15) is 0 Å². The highest BCUT2D eigenvalue weighted by atomic mass is 16.3. The van der Waals surface area contributed by atoms with Gasteiger partial charge in [0.2, 0.25) is 5.91 Å². The van der Waals surface area contributed by atoms with E-state index in [1.54, 1.807) is 12.1 Å². The Morgan fingerprint density at radius 3 is 2.57 bits per heavy atom. The summed E-state index contributed by atoms with van der Waals surface area (Å²) in [4.78, 5) is 23.6. The number of benzene rings is 1. The molecule has 0 aliphatic heterocycles. The second-order valence-corrected chi connectivity index (χ2v) is 5.58. The van der Waals surface area contributed by atoms with Gasteiger partial charge in [0.15, 0.2) is 11.4 Å². The van der Waals surface area contributed by atoms with Crippen LogP contribution in [0.2, 0.25) is 0 Å². The molecule has 7 heteroatoms. The Morgan fingerprint density at radius 1 is 1.22 bits per heavy atom. The molecule has 3 N–H and O–H groups in total. The fourth-order valence-electron chi connectivity index (χ4n) is 1.91. The van der Waals surface area contributed by atoms with Crippen LogP contribution in [-0.2, 0) is 4.79 Å². The standard InChI is InChI=1S/C16H20N4O3/c1-11(2)8-9-14(22)17-18-16(23)15-13(21)10-20(19-15)12-6-4-3-5-7-12/h3-7,10-11,21H,8-9H2,1-2H3,(H,17,22)(H,18,23). The van der Waals surface area contributed by atoms with Crippen LogP contribution in [-0.4, -0.2) is 26.7 Å². The number of hydrogen-bond acceptors (Lipinski definition) is 4. The third-order valence-corrected chi connectivity index (χ3v) is 3.19. The molecule has 0 atom stereocenters. The molecular weight excluding hydrogens is 296 g/mol. The second kappa shape index (κ2) is 7.44. The van der Waals surface area contributed by atoms with Gasteiger partial charge in [-0.25, -0.2) is 4.68 Å². The Kier molecular flexibility index (Phi) is 5.35. The molecule has 2 aromatic rings. The van der Waals surface area contributed by atoms with Crippen molar-refractivity contribution in [2.75, 3.05) is 0 Å². The molecule has 1 aromatic carbocycles. The van der Waals surface area contributed by atoms with Crippen molar-refractivity contribution in [1.82, 2.24) is 20.6 Å². The fourth-order valence-corrected chi connectivity index (χ4v) is 1.91. The molecule has 0 fully saturated rings. The number of nitrogens with zero attached hydrogens (tertiary/aromatic N) is 2. The molecule has 2 amide bonds. The Balaban J connectivity index is 1.98. The smallest absolute Gasteiger partial charge is 0.294 e. The van der Waals surface area contributed by atoms with Gasteiger partial charge in [-0.2, -0.15) is 5.10 Å². The van der Waals surface area contributed by atoms with Gasteiger partial charge in [0.05, 0.1) is 11.9 Å². The summed E-state index contributed by atoms with van der Waals surface area (Å²) >= 11 is 0. The molecule has 23 heavy (non-hydrogen) atoms. The number of para-hydroxylation sites is 1. The van der Waals surface area contributed by atoms with Crippen molar-refractivity contribution in [2.24, 2.45) is 5.92 Å². The maximum absolute atomic E-state index is 12.0. The van der Waals surface area contributed by atoms with Crippen molar-refractivity contribution in [2.45, 2.75) is 26.7 Å². The highest BCUT2D eigenvalue weighted by Crippen LogP contribution is 2.17. The molecule has 0 spiro atoms. The summed E-state index contributed by atoms with van der Waals surface area (Å²) in [5, 5.41) is 13.9. The first-order chi connectivity index (χ1) is 11.0. The molecule has 122 valence electrons. The van der Waals surface area contributed by atoms with Gasteiger partial charge < -0.3 is 5.11 Å². The summed E-state index contributed by atoms with van der Waals surface area (Å²) < 4.78 is 1.39. The van der Waals surface area contributed by atoms with Crippen molar-refractivity contribution in [3.63, 3.8) is 0 Å². The molecule has 1 heterocycles. The summed E-state index contributed by atoms with van der Waals surface area (Å²) in [6.45, 7) is 4.03. The molecule has 2 rings (SSSR count). The average Bonchev–Trinajstić information content (AvgIpc) is 2.93. The number of hydrogen-bond donors (Lipinski definition) is 3. The zero-order chi connectivity index (χ0) is 16.8. The SMILES string of the molecule is CC(C)CCC(=O)NNC(=O)c1nn(-c2ccccc2)cc1O. The number of amides is 2. The van der Waals surface area contributed by atoms with E-state index in [2.05, 4.69) is 16.0 Å². The first-order valence-electron chi connectivity index (χ1n) is 7.40. The lowest BCUT2D eigenvalue weighted by atomic mass is 10.1. The van der Waals surface area contributed by atoms with Crippen molar-refractivity contribution < 1.29 is 14.7 Å². The zero-order valence-electron chi connectivity index (χ0n) is 13.1. The Labute approximate surface area is 134 Å². The lowest BCUT2D eigenvalue weighted by Crippen LogP contribution is -2.41. The van der Waals surface area contributed by atoms with E-state index in [0.717, 1.165) is 6.42 Å². The average molecular weight is 316 g/mol. The van der Waals surface area contributed by atoms with E-state index in [9.17, 15) is 14.7 Å². The highest BCUT2D eigenvalue weighted by Gasteiger charge is 2.17. The van der Waals surface area contributed by atoms with Crippen LogP contribution in [0, 0.1) is 5.92 Å². The minimum atomic E-state index is -0.671. The van der Waals surface area contributed by atoms with Crippen molar-refractivity contribution in [3.8, 4) is 11.4 Å². The van der Waals surface area contributed by atoms with E-state index < -0.39 is 5.91 Å². The summed E-state index contributed by atoms with van der Waals surface area (Å²) in [7, 11) is 0. The fraction of sp³-hybridized carbons (Fsp3) is 0.312. The molecule has 1 aromatic heterocycles. The van der Waals surface area contributed by atoms with Crippen LogP contribution in [0.3, 0.4) is 0 Å². The number of rotatable bonds is 5. The molecule has 0 aliphatic rings. The highest BCUT2D eigenvalue weighted by molar-refractivity contribution is 5.95. The monoisotopic (exact) mass is 316 g/mol. The van der Waals surface area contributed by atoms with Gasteiger partial charge in [-0.05, 0) is 24.5 Å². The van der Waals surface area contributed by atoms with Gasteiger partial charge in [-0.3, -0.25) is 20.4 Å². The van der Waals surface area contributed by atoms with Crippen LogP contribution in [0.15, 0.2) is 36.5 Å². The Morgan fingerprint density at radius 2 is 1.91 bits per heavy atom. The molecule has 7 nitrogen and oxygen atoms in total. The maximum atomic E-state index is 12.0. The van der Waals surface area contributed by atoms with Crippen LogP contribution in [0.25, 0.3) is 5.69 Å². The van der Waals surface area contributed by atoms with E-state index >= 15 is 0 Å². The van der Waals surface area contributed by atoms with Crippen molar-refractivity contribution in [3.05, 3.63) is 42.2 Å². The predicted octanol–water partition coefficient (Wildman–Crippen LogP) is 1.78. The van der Waals surface area contributed by atoms with Crippen LogP contribution < -0.4 is 10.9 Å². The minimum Gasteiger partial charge on any atom is -0.504 e. The van der Waals surface area contributed by atoms with Crippen LogP contribution in [0.5, 0.6) is 5.75 Å². The van der Waals surface area contributed by atoms with E-state index in [1.165, 1.54) is 10.9 Å². The molecule has 0 bridgehead atoms. The van der Waals surface area contributed by atoms with Crippen molar-refractivity contribution in [1.29, 1.82) is 0 Å². The summed E-state index contributed by atoms with van der Waals surface area (Å²) in [6, 6.07) is 9.09. The number of aromatic nitrogens is 2. The second-order valence-electron chi connectivity index (χ2n) is 5.58. The molecule has 0 saturated carbocycles. The van der Waals surface area contributed by atoms with E-state index in [0.29, 0.717) is 18.0 Å². The lowest BCUT2D eigenvalue weighted by Gasteiger charge is -2.07. The minimum absolute atomic E-state index is 0.155. The first kappa shape index (κ1) is 16.5. The van der Waals surface area contributed by atoms with Gasteiger partial charge in [0, 0.05) is 6.42 Å². The number of hydrazine groups is 1. The van der Waals surface area contributed by atoms with Crippen LogP contribution >= 0.6 is 0 Å². The van der Waals surface area contributed by atoms with Gasteiger partial charge in [-0.1, -0.05) is 32.0 Å². The molecule has 0 radical (unpaired) electrons. The number of aromatic hydroxyl groups is 1. The molecule has 0 aliphatic carbocycles. The Bertz CT molecular complexity index is 680. The third-order valence-electron chi connectivity index (χ3n) is 3.19. The van der Waals surface area contributed by atoms with E-state index in [1.807, 2.05) is 32.0 Å². The van der Waals surface area contributed by atoms with Crippen molar-refractivity contribution >= 4 is 11.8 Å². The van der Waals surface area contributed by atoms with Crippen LogP contribution in [0.1, 0.15) is 37.2 Å². The normalized spacial score (nSPS) is 10.6. The predicted molar refractivity (Wildman–Crippen MR) is 84.9 cm³/mol. The third kappa shape index (κ3) is 4.57. The molecule has 0 saturated heterocycles. The number of carbonyl (C=O) groups excluding carboxylic acids is 2. The van der Waals surface area contributed by atoms with E-state index in [4.69, 9.17) is 0 Å². The molecule has 0 unspecified atom stereocenters. The maximum Gasteiger partial charge on any atom is 0.294 e. The lowest BCUT2D eigenvalue weighted by molar-refractivity contribution is -0.122. The quantitative estimate of drug-likeness (QED) is 0.733. The van der Waals surface area contributed by atoms with Crippen LogP contribution in [0.4, 0.5) is 0 Å². The van der Waals surface area contributed by atoms with Gasteiger partial charge in [-0.15, -0.1) is 0 Å². The largest absolute Gasteiger partial charge is 0.504 e. The van der Waals surface area contributed by atoms with Gasteiger partial charge in [0.25, 0.3) is 5.91 Å². The number of nitrogens with one attached hydrogen (secondary N) is 2. The summed E-state index contributed by atoms with van der Waals surface area (Å²) in [6.07, 6.45) is 2.39. The topological polar surface area (TPSA) is 96.3 Å². The number of carbonyl (C=O) groups is 2. The van der Waals surface area contributed by atoms with Gasteiger partial charge >= 0.3 is 0 Å². The first-order valence-corrected chi connectivity index (χ1v) is 7.40. The zero-order valence-corrected chi connectivity index (χ0v) is 13.1. The summed E-state index contributed by atoms with van der Waals surface area (Å²) in [5.41, 5.74) is 5.12. The summed E-state index contributed by atoms with van der Waals surface area (Å²) in [5.74, 6) is -0.811.